The first-order valence-corrected chi connectivity index (χ1v) is 7.63. The summed E-state index contributed by atoms with van der Waals surface area (Å²) in [6.45, 7) is 5.73. The molecule has 1 aliphatic rings. The Morgan fingerprint density at radius 2 is 2.10 bits per heavy atom. The molecule has 1 atom stereocenters. The molecule has 1 aromatic rings. The molecule has 0 radical (unpaired) electrons. The van der Waals surface area contributed by atoms with Gasteiger partial charge >= 0.3 is 0 Å². The third-order valence-electron chi connectivity index (χ3n) is 4.46. The predicted molar refractivity (Wildman–Crippen MR) is 85.2 cm³/mol. The third kappa shape index (κ3) is 3.93. The van der Waals surface area contributed by atoms with Crippen LogP contribution in [-0.2, 0) is 0 Å². The normalized spacial score (nSPS) is 19.0. The molecule has 0 aromatic carbocycles. The number of rotatable bonds is 5. The highest BCUT2D eigenvalue weighted by molar-refractivity contribution is 5.43. The Morgan fingerprint density at radius 1 is 1.40 bits per heavy atom. The van der Waals surface area contributed by atoms with Crippen molar-refractivity contribution in [2.45, 2.75) is 25.8 Å². The van der Waals surface area contributed by atoms with Crippen LogP contribution in [0.25, 0.3) is 0 Å². The number of piperidine rings is 1. The lowest BCUT2D eigenvalue weighted by Gasteiger charge is -2.32. The van der Waals surface area contributed by atoms with Gasteiger partial charge in [0.25, 0.3) is 0 Å². The fraction of sp³-hybridized carbons (Fsp3) is 0.688. The molecule has 112 valence electrons. The second kappa shape index (κ2) is 7.04. The summed E-state index contributed by atoms with van der Waals surface area (Å²) in [7, 11) is 6.36. The zero-order chi connectivity index (χ0) is 14.5. The van der Waals surface area contributed by atoms with E-state index in [0.717, 1.165) is 18.2 Å². The van der Waals surface area contributed by atoms with E-state index in [9.17, 15) is 0 Å². The molecule has 0 spiro atoms. The first-order valence-electron chi connectivity index (χ1n) is 7.63. The minimum Gasteiger partial charge on any atom is -0.373 e. The van der Waals surface area contributed by atoms with Crippen LogP contribution in [0.15, 0.2) is 18.3 Å². The molecule has 0 amide bonds. The van der Waals surface area contributed by atoms with Crippen molar-refractivity contribution in [3.05, 3.63) is 24.0 Å². The topological polar surface area (TPSA) is 31.4 Å². The first kappa shape index (κ1) is 15.3. The van der Waals surface area contributed by atoms with E-state index in [1.54, 1.807) is 0 Å². The van der Waals surface area contributed by atoms with Gasteiger partial charge in [-0.3, -0.25) is 4.98 Å². The molecule has 2 heterocycles. The average Bonchev–Trinajstić information content (AvgIpc) is 2.49. The van der Waals surface area contributed by atoms with E-state index in [-0.39, 0.29) is 0 Å². The van der Waals surface area contributed by atoms with Crippen molar-refractivity contribution in [2.24, 2.45) is 5.92 Å². The van der Waals surface area contributed by atoms with Gasteiger partial charge in [-0.05, 0) is 65.0 Å². The number of hydrogen-bond acceptors (Lipinski definition) is 4. The monoisotopic (exact) mass is 276 g/mol. The highest BCUT2D eigenvalue weighted by atomic mass is 15.1. The number of nitrogens with one attached hydrogen (secondary N) is 1. The molecule has 1 N–H and O–H groups in total. The van der Waals surface area contributed by atoms with E-state index in [1.165, 1.54) is 31.6 Å². The van der Waals surface area contributed by atoms with Crippen molar-refractivity contribution in [1.29, 1.82) is 0 Å². The Hall–Kier alpha value is -1.13. The Balaban J connectivity index is 1.90. The van der Waals surface area contributed by atoms with Gasteiger partial charge in [0.2, 0.25) is 0 Å². The lowest BCUT2D eigenvalue weighted by molar-refractivity contribution is 0.222. The number of pyridine rings is 1. The summed E-state index contributed by atoms with van der Waals surface area (Å²) >= 11 is 0. The number of hydrogen-bond donors (Lipinski definition) is 1. The van der Waals surface area contributed by atoms with E-state index in [0.29, 0.717) is 6.04 Å². The number of aromatic nitrogens is 1. The minimum atomic E-state index is 0.309. The third-order valence-corrected chi connectivity index (χ3v) is 4.46. The molecule has 2 rings (SSSR count). The van der Waals surface area contributed by atoms with E-state index < -0.39 is 0 Å². The molecule has 1 fully saturated rings. The van der Waals surface area contributed by atoms with Crippen LogP contribution in [0.4, 0.5) is 5.69 Å². The van der Waals surface area contributed by atoms with Crippen LogP contribution >= 0.6 is 0 Å². The summed E-state index contributed by atoms with van der Waals surface area (Å²) in [5, 5.41) is 3.22. The van der Waals surface area contributed by atoms with Crippen molar-refractivity contribution in [1.82, 2.24) is 15.2 Å². The Bertz CT molecular complexity index is 395. The average molecular weight is 276 g/mol. The molecule has 0 bridgehead atoms. The number of anilines is 1. The molecular weight excluding hydrogens is 248 g/mol. The van der Waals surface area contributed by atoms with Gasteiger partial charge in [0.15, 0.2) is 0 Å². The zero-order valence-corrected chi connectivity index (χ0v) is 13.3. The van der Waals surface area contributed by atoms with Gasteiger partial charge in [-0.25, -0.2) is 0 Å². The fourth-order valence-corrected chi connectivity index (χ4v) is 2.76. The summed E-state index contributed by atoms with van der Waals surface area (Å²) < 4.78 is 0. The van der Waals surface area contributed by atoms with Crippen LogP contribution in [-0.4, -0.2) is 50.7 Å². The van der Waals surface area contributed by atoms with Crippen LogP contribution in [0, 0.1) is 5.92 Å². The van der Waals surface area contributed by atoms with Crippen molar-refractivity contribution in [2.75, 3.05) is 45.7 Å². The van der Waals surface area contributed by atoms with E-state index in [2.05, 4.69) is 53.3 Å². The molecule has 20 heavy (non-hydrogen) atoms. The van der Waals surface area contributed by atoms with Crippen LogP contribution in [0.5, 0.6) is 0 Å². The highest BCUT2D eigenvalue weighted by Gasteiger charge is 2.18. The van der Waals surface area contributed by atoms with Crippen LogP contribution in [0.1, 0.15) is 31.5 Å². The quantitative estimate of drug-likeness (QED) is 0.893. The predicted octanol–water partition coefficient (Wildman–Crippen LogP) is 2.14. The summed E-state index contributed by atoms with van der Waals surface area (Å²) in [6, 6.07) is 4.62. The second-order valence-electron chi connectivity index (χ2n) is 6.08. The maximum absolute atomic E-state index is 4.56. The smallest absolute Gasteiger partial charge is 0.0571 e. The molecule has 1 saturated heterocycles. The lowest BCUT2D eigenvalue weighted by Crippen LogP contribution is -2.35. The van der Waals surface area contributed by atoms with E-state index in [1.807, 2.05) is 13.2 Å². The van der Waals surface area contributed by atoms with Crippen molar-refractivity contribution >= 4 is 5.69 Å². The Morgan fingerprint density at radius 3 is 2.65 bits per heavy atom. The Kier molecular flexibility index (Phi) is 5.38. The first-order chi connectivity index (χ1) is 9.60. The second-order valence-corrected chi connectivity index (χ2v) is 6.08. The van der Waals surface area contributed by atoms with Gasteiger partial charge in [0, 0.05) is 19.6 Å². The van der Waals surface area contributed by atoms with Gasteiger partial charge in [-0.15, -0.1) is 0 Å². The summed E-state index contributed by atoms with van der Waals surface area (Å²) in [5.41, 5.74) is 2.32. The molecule has 1 unspecified atom stereocenters. The zero-order valence-electron chi connectivity index (χ0n) is 13.3. The molecule has 4 heteroatoms. The molecule has 0 saturated carbocycles. The van der Waals surface area contributed by atoms with Crippen molar-refractivity contribution in [3.8, 4) is 0 Å². The standard InChI is InChI=1S/C16H28N4/c1-13(17-2)16-6-5-15(11-18-16)20(4)12-14-7-9-19(3)10-8-14/h5-6,11,13-14,17H,7-10,12H2,1-4H3. The van der Waals surface area contributed by atoms with E-state index >= 15 is 0 Å². The minimum absolute atomic E-state index is 0.309. The maximum atomic E-state index is 4.56. The van der Waals surface area contributed by atoms with Crippen LogP contribution in [0.3, 0.4) is 0 Å². The van der Waals surface area contributed by atoms with Crippen LogP contribution < -0.4 is 10.2 Å². The molecular formula is C16H28N4. The molecule has 1 aliphatic heterocycles. The van der Waals surface area contributed by atoms with Crippen molar-refractivity contribution < 1.29 is 0 Å². The number of likely N-dealkylation sites (tertiary alicyclic amines) is 1. The largest absolute Gasteiger partial charge is 0.373 e. The lowest BCUT2D eigenvalue weighted by atomic mass is 9.96. The maximum Gasteiger partial charge on any atom is 0.0571 e. The van der Waals surface area contributed by atoms with Gasteiger partial charge in [0.1, 0.15) is 0 Å². The molecule has 0 aliphatic carbocycles. The summed E-state index contributed by atoms with van der Waals surface area (Å²) in [6.07, 6.45) is 4.62. The van der Waals surface area contributed by atoms with Gasteiger partial charge in [0.05, 0.1) is 17.6 Å². The molecule has 1 aromatic heterocycles. The van der Waals surface area contributed by atoms with Gasteiger partial charge in [-0.1, -0.05) is 0 Å². The highest BCUT2D eigenvalue weighted by Crippen LogP contribution is 2.21. The summed E-state index contributed by atoms with van der Waals surface area (Å²) in [4.78, 5) is 9.33. The SMILES string of the molecule is CNC(C)c1ccc(N(C)CC2CCN(C)CC2)cn1. The number of nitrogens with zero attached hydrogens (tertiary/aromatic N) is 3. The van der Waals surface area contributed by atoms with E-state index in [4.69, 9.17) is 0 Å². The van der Waals surface area contributed by atoms with Crippen molar-refractivity contribution in [3.63, 3.8) is 0 Å². The summed E-state index contributed by atoms with van der Waals surface area (Å²) in [5.74, 6) is 0.812. The fourth-order valence-electron chi connectivity index (χ4n) is 2.76. The van der Waals surface area contributed by atoms with Gasteiger partial charge < -0.3 is 15.1 Å². The van der Waals surface area contributed by atoms with Crippen LogP contribution in [0.2, 0.25) is 0 Å². The van der Waals surface area contributed by atoms with Gasteiger partial charge in [-0.2, -0.15) is 0 Å². The molecule has 4 nitrogen and oxygen atoms in total. The Labute approximate surface area is 123 Å².